The fourth-order valence-electron chi connectivity index (χ4n) is 5.51. The van der Waals surface area contributed by atoms with Crippen LogP contribution >= 0.6 is 23.4 Å². The summed E-state index contributed by atoms with van der Waals surface area (Å²) in [4.78, 5) is 89.1. The summed E-state index contributed by atoms with van der Waals surface area (Å²) in [7, 11) is -15.5. The summed E-state index contributed by atoms with van der Waals surface area (Å²) < 4.78 is 71.4. The van der Waals surface area contributed by atoms with E-state index in [0.29, 0.717) is 0 Å². The Kier molecular flexibility index (Phi) is 8.40. The molecule has 7 heterocycles. The van der Waals surface area contributed by atoms with Crippen LogP contribution in [0.4, 0.5) is 11.9 Å². The van der Waals surface area contributed by atoms with E-state index in [2.05, 4.69) is 29.9 Å². The van der Waals surface area contributed by atoms with E-state index in [1.54, 1.807) is 5.09 Å². The van der Waals surface area contributed by atoms with Gasteiger partial charge >= 0.3 is 7.75 Å². The fourth-order valence-corrected chi connectivity index (χ4v) is 7.78. The molecule has 8 N–H and O–H groups in total. The van der Waals surface area contributed by atoms with Crippen LogP contribution < -0.4 is 31.7 Å². The predicted molar refractivity (Wildman–Crippen MR) is 152 cm³/mol. The van der Waals surface area contributed by atoms with Crippen LogP contribution in [-0.2, 0) is 41.3 Å². The van der Waals surface area contributed by atoms with Crippen LogP contribution in [0.1, 0.15) is 18.9 Å². The Morgan fingerprint density at radius 1 is 0.918 bits per heavy atom. The largest absolute Gasteiger partial charge is 0.756 e. The van der Waals surface area contributed by atoms with Crippen LogP contribution in [0, 0.1) is 0 Å². The van der Waals surface area contributed by atoms with Gasteiger partial charge in [-0.05, 0) is 0 Å². The third-order valence-electron chi connectivity index (χ3n) is 7.52. The minimum Gasteiger partial charge on any atom is -0.756 e. The summed E-state index contributed by atoms with van der Waals surface area (Å²) in [5.41, 5.74) is 3.13. The lowest BCUT2D eigenvalue weighted by molar-refractivity contribution is -0.243. The van der Waals surface area contributed by atoms with Gasteiger partial charge < -0.3 is 58.0 Å². The van der Waals surface area contributed by atoms with Crippen molar-refractivity contribution >= 4 is 57.6 Å². The van der Waals surface area contributed by atoms with Crippen molar-refractivity contribution in [3.05, 3.63) is 33.4 Å². The number of aromatic amines is 2. The molecule has 0 saturated carbocycles. The molecule has 3 aliphatic rings. The van der Waals surface area contributed by atoms with E-state index in [-0.39, 0.29) is 34.7 Å². The lowest BCUT2D eigenvalue weighted by Crippen LogP contribution is -2.39. The number of imidazole rings is 2. The molecule has 0 bridgehead atoms. The van der Waals surface area contributed by atoms with Crippen molar-refractivity contribution in [3.63, 3.8) is 0 Å². The van der Waals surface area contributed by atoms with Crippen molar-refractivity contribution in [2.24, 2.45) is 0 Å². The lowest BCUT2D eigenvalue weighted by Gasteiger charge is -2.34. The number of nitrogens with zero attached hydrogens (tertiary/aromatic N) is 6. The molecule has 0 radical (unpaired) electrons. The summed E-state index contributed by atoms with van der Waals surface area (Å²) in [6.07, 6.45) is -9.16. The first-order valence-corrected chi connectivity index (χ1v) is 18.3. The Morgan fingerprint density at radius 2 is 1.53 bits per heavy atom. The number of fused-ring (bicyclic) bond motifs is 4. The number of phosphoric acid groups is 2. The molecule has 0 spiro atoms. The van der Waals surface area contributed by atoms with Crippen LogP contribution in [0.25, 0.3) is 22.3 Å². The van der Waals surface area contributed by atoms with E-state index in [9.17, 15) is 48.0 Å². The number of hydrogen-bond acceptors (Lipinski definition) is 19. The number of nitrogen functional groups attached to an aromatic ring is 1. The van der Waals surface area contributed by atoms with Crippen molar-refractivity contribution < 1.29 is 65.9 Å². The first-order chi connectivity index (χ1) is 23.0. The fraction of sp³-hybridized carbons (Fsp3) is 0.500. The summed E-state index contributed by atoms with van der Waals surface area (Å²) >= 11 is 0. The molecule has 3 aliphatic heterocycles. The number of hydrogen-bond donors (Lipinski definition) is 7. The number of phosphoric ester groups is 2. The molecule has 4 aromatic heterocycles. The first kappa shape index (κ1) is 34.0. The van der Waals surface area contributed by atoms with Crippen LogP contribution in [-0.4, -0.2) is 97.7 Å². The molecule has 3 saturated heterocycles. The predicted octanol–water partition coefficient (Wildman–Crippen LogP) is -3.36. The number of ether oxygens (including phenoxy) is 2. The van der Waals surface area contributed by atoms with Crippen LogP contribution in [0.3, 0.4) is 0 Å². The van der Waals surface area contributed by atoms with Crippen molar-refractivity contribution in [1.29, 1.82) is 0 Å². The second-order valence-corrected chi connectivity index (χ2v) is 14.8. The Bertz CT molecular complexity index is 2200. The van der Waals surface area contributed by atoms with Gasteiger partial charge in [0.2, 0.25) is 11.9 Å². The molecule has 49 heavy (non-hydrogen) atoms. The molecule has 266 valence electrons. The van der Waals surface area contributed by atoms with Crippen LogP contribution in [0.2, 0.25) is 0 Å². The van der Waals surface area contributed by atoms with E-state index in [0.717, 1.165) is 21.8 Å². The van der Waals surface area contributed by atoms with Crippen molar-refractivity contribution in [3.8, 4) is 0 Å². The number of aromatic nitrogens is 8. The molecule has 26 nitrogen and oxygen atoms in total. The van der Waals surface area contributed by atoms with Gasteiger partial charge in [-0.1, -0.05) is 0 Å². The van der Waals surface area contributed by atoms with E-state index in [1.807, 2.05) is 0 Å². The van der Waals surface area contributed by atoms with Crippen molar-refractivity contribution in [2.75, 3.05) is 24.0 Å². The minimum atomic E-state index is -5.35. The summed E-state index contributed by atoms with van der Waals surface area (Å²) in [5.74, 6) is -0.923. The summed E-state index contributed by atoms with van der Waals surface area (Å²) in [5, 5.41) is 12.8. The van der Waals surface area contributed by atoms with Gasteiger partial charge in [0.05, 0.1) is 32.0 Å². The molecule has 29 heteroatoms. The second-order valence-electron chi connectivity index (χ2n) is 10.8. The van der Waals surface area contributed by atoms with Crippen molar-refractivity contribution in [1.82, 2.24) is 39.0 Å². The van der Waals surface area contributed by atoms with Gasteiger partial charge in [0.1, 0.15) is 30.6 Å². The van der Waals surface area contributed by atoms with Gasteiger partial charge in [-0.3, -0.25) is 42.9 Å². The molecule has 7 rings (SSSR count). The Balaban J connectivity index is 1.15. The monoisotopic (exact) mass is 752 g/mol. The molecule has 3 fully saturated rings. The minimum absolute atomic E-state index is 0.151. The Hall–Kier alpha value is -3.45. The van der Waals surface area contributed by atoms with E-state index >= 15 is 0 Å². The molecule has 4 unspecified atom stereocenters. The topological polar surface area (TPSA) is 379 Å². The molecular weight excluding hydrogens is 729 g/mol. The third kappa shape index (κ3) is 6.72. The maximum Gasteiger partial charge on any atom is 0.429 e. The number of nitrogens with two attached hydrogens (primary N) is 1. The SMILES string of the molecule is Nc1nc2c(ncn2[C@@H]2O[C@H]3COP(=O)([O-])OC4C[C@H](n5cnc6c(=O)[nH]c(NP(=O)(O)O)nc65)O[C@@H]4COP(=O)([O-])O[C@@H]3C2O)c(=O)[nH]1. The van der Waals surface area contributed by atoms with Gasteiger partial charge in [0.25, 0.3) is 26.8 Å². The highest BCUT2D eigenvalue weighted by molar-refractivity contribution is 7.53. The molecule has 9 atom stereocenters. The number of anilines is 2. The normalized spacial score (nSPS) is 34.3. The highest BCUT2D eigenvalue weighted by atomic mass is 31.2. The molecule has 0 amide bonds. The Morgan fingerprint density at radius 3 is 2.22 bits per heavy atom. The average Bonchev–Trinajstić information content (AvgIpc) is 3.75. The molecule has 4 aromatic rings. The highest BCUT2D eigenvalue weighted by Gasteiger charge is 2.49. The first-order valence-electron chi connectivity index (χ1n) is 13.8. The van der Waals surface area contributed by atoms with Gasteiger partial charge in [0, 0.05) is 6.42 Å². The van der Waals surface area contributed by atoms with Crippen LogP contribution in [0.5, 0.6) is 0 Å². The number of rotatable bonds is 4. The van der Waals surface area contributed by atoms with Gasteiger partial charge in [-0.15, -0.1) is 0 Å². The second kappa shape index (κ2) is 12.1. The highest BCUT2D eigenvalue weighted by Crippen LogP contribution is 2.50. The zero-order valence-corrected chi connectivity index (χ0v) is 26.8. The van der Waals surface area contributed by atoms with Crippen molar-refractivity contribution in [2.45, 2.75) is 49.4 Å². The quantitative estimate of drug-likeness (QED) is 0.100. The number of nitrogens with one attached hydrogen (secondary N) is 3. The zero-order chi connectivity index (χ0) is 35.0. The molecule has 0 aromatic carbocycles. The number of H-pyrrole nitrogens is 2. The van der Waals surface area contributed by atoms with Gasteiger partial charge in [0.15, 0.2) is 28.6 Å². The standard InChI is InChI=1S/C20H25N10O16P3/c21-19-24-14-10(16(32)26-19)23-5-30(14)18-12(31)13-8(44-18)3-42-48(37,38)45-6-1-9(43-7(6)2-41-49(39,40)46-13)29-4-22-11-15(29)25-20(27-17(11)33)28-47(34,35)36/h4-9,12-13,18,31H,1-3H2,(H,37,38)(H,39,40)(H3,21,24,26,32)(H4,25,27,28,33,34,35,36)/p-2/t6?,7-,8+,9-,12?,13+,18-/m1/s1. The summed E-state index contributed by atoms with van der Waals surface area (Å²) in [6, 6.07) is 0. The van der Waals surface area contributed by atoms with E-state index < -0.39 is 96.6 Å². The Labute approximate surface area is 269 Å². The van der Waals surface area contributed by atoms with Crippen LogP contribution in [0.15, 0.2) is 22.2 Å². The summed E-state index contributed by atoms with van der Waals surface area (Å²) in [6.45, 7) is -1.82. The smallest absolute Gasteiger partial charge is 0.429 e. The maximum atomic E-state index is 13.0. The number of aliphatic hydroxyl groups excluding tert-OH is 1. The average molecular weight is 752 g/mol. The number of aliphatic hydroxyl groups is 1. The van der Waals surface area contributed by atoms with E-state index in [4.69, 9.17) is 33.3 Å². The van der Waals surface area contributed by atoms with Gasteiger partial charge in [-0.25, -0.2) is 14.5 Å². The maximum absolute atomic E-state index is 13.0. The molecular formula is C20H23N10O16P3-2. The third-order valence-corrected chi connectivity index (χ3v) is 9.98. The van der Waals surface area contributed by atoms with Gasteiger partial charge in [-0.2, -0.15) is 9.97 Å². The van der Waals surface area contributed by atoms with E-state index in [1.165, 1.54) is 0 Å². The molecule has 0 aliphatic carbocycles. The lowest BCUT2D eigenvalue weighted by atomic mass is 10.1. The zero-order valence-electron chi connectivity index (χ0n) is 24.1.